The Kier molecular flexibility index (Phi) is 4.33. The zero-order valence-electron chi connectivity index (χ0n) is 9.70. The van der Waals surface area contributed by atoms with E-state index in [4.69, 9.17) is 5.73 Å². The molecule has 0 aromatic heterocycles. The lowest BCUT2D eigenvalue weighted by molar-refractivity contribution is 0.602. The molecule has 2 aromatic carbocycles. The van der Waals surface area contributed by atoms with Crippen molar-refractivity contribution >= 4 is 11.8 Å². The van der Waals surface area contributed by atoms with Gasteiger partial charge in [-0.3, -0.25) is 0 Å². The third-order valence-corrected chi connectivity index (χ3v) is 3.68. The van der Waals surface area contributed by atoms with Gasteiger partial charge in [0.1, 0.15) is 11.6 Å². The Morgan fingerprint density at radius 2 is 1.78 bits per heavy atom. The average Bonchev–Trinajstić information content (AvgIpc) is 2.39. The van der Waals surface area contributed by atoms with E-state index in [2.05, 4.69) is 0 Å². The molecule has 0 radical (unpaired) electrons. The van der Waals surface area contributed by atoms with Crippen molar-refractivity contribution in [3.63, 3.8) is 0 Å². The summed E-state index contributed by atoms with van der Waals surface area (Å²) >= 11 is 1.39. The Balaban J connectivity index is 2.09. The van der Waals surface area contributed by atoms with Crippen LogP contribution in [0.5, 0.6) is 0 Å². The highest BCUT2D eigenvalue weighted by atomic mass is 32.2. The molecular formula is C14H13F2NS. The summed E-state index contributed by atoms with van der Waals surface area (Å²) in [5, 5.41) is 0. The van der Waals surface area contributed by atoms with Crippen LogP contribution in [-0.2, 0) is 12.3 Å². The maximum absolute atomic E-state index is 13.4. The van der Waals surface area contributed by atoms with Gasteiger partial charge in [0.15, 0.2) is 0 Å². The predicted octanol–water partition coefficient (Wildman–Crippen LogP) is 3.72. The second-order valence-corrected chi connectivity index (χ2v) is 4.87. The van der Waals surface area contributed by atoms with Gasteiger partial charge in [-0.2, -0.15) is 0 Å². The minimum absolute atomic E-state index is 0.171. The van der Waals surface area contributed by atoms with Crippen LogP contribution in [0.4, 0.5) is 8.78 Å². The predicted molar refractivity (Wildman–Crippen MR) is 70.3 cm³/mol. The van der Waals surface area contributed by atoms with Crippen molar-refractivity contribution in [1.82, 2.24) is 0 Å². The van der Waals surface area contributed by atoms with Crippen LogP contribution in [0.3, 0.4) is 0 Å². The van der Waals surface area contributed by atoms with E-state index in [0.29, 0.717) is 16.2 Å². The van der Waals surface area contributed by atoms with Gasteiger partial charge in [0.25, 0.3) is 0 Å². The van der Waals surface area contributed by atoms with Crippen LogP contribution in [0, 0.1) is 11.6 Å². The quantitative estimate of drug-likeness (QED) is 0.853. The zero-order valence-corrected chi connectivity index (χ0v) is 10.5. The molecule has 0 saturated heterocycles. The van der Waals surface area contributed by atoms with E-state index in [-0.39, 0.29) is 18.2 Å². The number of halogens is 2. The molecule has 0 unspecified atom stereocenters. The Morgan fingerprint density at radius 3 is 2.50 bits per heavy atom. The van der Waals surface area contributed by atoms with Crippen molar-refractivity contribution < 1.29 is 8.78 Å². The maximum Gasteiger partial charge on any atom is 0.136 e. The van der Waals surface area contributed by atoms with Gasteiger partial charge in [0.05, 0.1) is 0 Å². The summed E-state index contributed by atoms with van der Waals surface area (Å²) in [5.41, 5.74) is 6.87. The summed E-state index contributed by atoms with van der Waals surface area (Å²) in [6.45, 7) is 0.171. The lowest BCUT2D eigenvalue weighted by Gasteiger charge is -2.06. The number of hydrogen-bond acceptors (Lipinski definition) is 2. The lowest BCUT2D eigenvalue weighted by Crippen LogP contribution is -2.00. The first-order valence-electron chi connectivity index (χ1n) is 5.55. The monoisotopic (exact) mass is 265 g/mol. The SMILES string of the molecule is NCc1cc(CSc2ccccc2F)ccc1F. The van der Waals surface area contributed by atoms with Crippen LogP contribution < -0.4 is 5.73 Å². The normalized spacial score (nSPS) is 10.6. The third kappa shape index (κ3) is 3.09. The smallest absolute Gasteiger partial charge is 0.136 e. The third-order valence-electron chi connectivity index (χ3n) is 2.56. The van der Waals surface area contributed by atoms with E-state index in [1.807, 2.05) is 0 Å². The highest BCUT2D eigenvalue weighted by Gasteiger charge is 2.05. The van der Waals surface area contributed by atoms with E-state index >= 15 is 0 Å². The summed E-state index contributed by atoms with van der Waals surface area (Å²) in [6.07, 6.45) is 0. The van der Waals surface area contributed by atoms with Crippen LogP contribution in [0.2, 0.25) is 0 Å². The summed E-state index contributed by atoms with van der Waals surface area (Å²) in [5.74, 6) is 0.0644. The van der Waals surface area contributed by atoms with E-state index in [1.54, 1.807) is 30.3 Å². The average molecular weight is 265 g/mol. The first kappa shape index (κ1) is 13.1. The van der Waals surface area contributed by atoms with Gasteiger partial charge >= 0.3 is 0 Å². The highest BCUT2D eigenvalue weighted by molar-refractivity contribution is 7.98. The van der Waals surface area contributed by atoms with Crippen LogP contribution >= 0.6 is 11.8 Å². The molecule has 2 aromatic rings. The van der Waals surface area contributed by atoms with Gasteiger partial charge in [-0.1, -0.05) is 24.3 Å². The summed E-state index contributed by atoms with van der Waals surface area (Å²) < 4.78 is 26.7. The van der Waals surface area contributed by atoms with Gasteiger partial charge in [0.2, 0.25) is 0 Å². The lowest BCUT2D eigenvalue weighted by atomic mass is 10.1. The number of rotatable bonds is 4. The molecule has 0 aliphatic carbocycles. The van der Waals surface area contributed by atoms with E-state index in [0.717, 1.165) is 5.56 Å². The topological polar surface area (TPSA) is 26.0 Å². The van der Waals surface area contributed by atoms with Crippen LogP contribution in [0.1, 0.15) is 11.1 Å². The molecule has 4 heteroatoms. The minimum Gasteiger partial charge on any atom is -0.326 e. The molecule has 0 heterocycles. The number of nitrogens with two attached hydrogens (primary N) is 1. The second kappa shape index (κ2) is 5.98. The molecule has 0 aliphatic rings. The molecule has 0 aliphatic heterocycles. The summed E-state index contributed by atoms with van der Waals surface area (Å²) in [6, 6.07) is 11.4. The second-order valence-electron chi connectivity index (χ2n) is 3.85. The summed E-state index contributed by atoms with van der Waals surface area (Å²) in [7, 11) is 0. The fourth-order valence-electron chi connectivity index (χ4n) is 1.60. The zero-order chi connectivity index (χ0) is 13.0. The minimum atomic E-state index is -0.294. The molecule has 0 fully saturated rings. The Hall–Kier alpha value is -1.39. The largest absolute Gasteiger partial charge is 0.326 e. The van der Waals surface area contributed by atoms with E-state index in [9.17, 15) is 8.78 Å². The van der Waals surface area contributed by atoms with Crippen molar-refractivity contribution in [2.45, 2.75) is 17.2 Å². The Labute approximate surface area is 109 Å². The first-order chi connectivity index (χ1) is 8.70. The standard InChI is InChI=1S/C14H13F2NS/c15-12-6-5-10(7-11(12)8-17)9-18-14-4-2-1-3-13(14)16/h1-7H,8-9,17H2. The van der Waals surface area contributed by atoms with Crippen LogP contribution in [-0.4, -0.2) is 0 Å². The summed E-state index contributed by atoms with van der Waals surface area (Å²) in [4.78, 5) is 0.594. The van der Waals surface area contributed by atoms with Crippen molar-refractivity contribution in [2.75, 3.05) is 0 Å². The maximum atomic E-state index is 13.4. The van der Waals surface area contributed by atoms with Crippen molar-refractivity contribution in [2.24, 2.45) is 5.73 Å². The molecule has 2 rings (SSSR count). The highest BCUT2D eigenvalue weighted by Crippen LogP contribution is 2.25. The molecule has 0 amide bonds. The molecular weight excluding hydrogens is 252 g/mol. The molecule has 18 heavy (non-hydrogen) atoms. The fourth-order valence-corrected chi connectivity index (χ4v) is 2.48. The van der Waals surface area contributed by atoms with Gasteiger partial charge in [-0.05, 0) is 23.8 Å². The molecule has 0 bridgehead atoms. The Bertz CT molecular complexity index is 543. The van der Waals surface area contributed by atoms with Crippen molar-refractivity contribution in [3.05, 3.63) is 65.2 Å². The molecule has 0 atom stereocenters. The van der Waals surface area contributed by atoms with Crippen LogP contribution in [0.15, 0.2) is 47.4 Å². The Morgan fingerprint density at radius 1 is 1.00 bits per heavy atom. The first-order valence-corrected chi connectivity index (χ1v) is 6.54. The number of thioether (sulfide) groups is 1. The molecule has 94 valence electrons. The van der Waals surface area contributed by atoms with Gasteiger partial charge in [0, 0.05) is 22.8 Å². The molecule has 2 N–H and O–H groups in total. The van der Waals surface area contributed by atoms with E-state index < -0.39 is 0 Å². The molecule has 1 nitrogen and oxygen atoms in total. The van der Waals surface area contributed by atoms with Crippen LogP contribution in [0.25, 0.3) is 0 Å². The van der Waals surface area contributed by atoms with Gasteiger partial charge < -0.3 is 5.73 Å². The molecule has 0 saturated carbocycles. The van der Waals surface area contributed by atoms with Gasteiger partial charge in [-0.15, -0.1) is 11.8 Å². The fraction of sp³-hybridized carbons (Fsp3) is 0.143. The van der Waals surface area contributed by atoms with Gasteiger partial charge in [-0.25, -0.2) is 8.78 Å². The van der Waals surface area contributed by atoms with E-state index in [1.165, 1.54) is 23.9 Å². The van der Waals surface area contributed by atoms with Crippen molar-refractivity contribution in [1.29, 1.82) is 0 Å². The number of hydrogen-bond donors (Lipinski definition) is 1. The number of benzene rings is 2. The van der Waals surface area contributed by atoms with Crippen molar-refractivity contribution in [3.8, 4) is 0 Å². The molecule has 0 spiro atoms.